The van der Waals surface area contributed by atoms with Crippen molar-refractivity contribution in [3.8, 4) is 0 Å². The number of imide groups is 1. The van der Waals surface area contributed by atoms with Crippen LogP contribution in [0, 0.1) is 5.82 Å². The molecule has 1 N–H and O–H groups in total. The SMILES string of the molecule is C=CC(=O)OCCN1C(=O)c2cccc3c(N4CCN(c5cc6c(cc5F)c(=O)c(C(=O)O)cn6CC)CC4)ccc(c23)C1=O. The third-order valence-corrected chi connectivity index (χ3v) is 8.38. The summed E-state index contributed by atoms with van der Waals surface area (Å²) in [5.74, 6) is -3.55. The molecule has 1 aromatic heterocycles. The van der Waals surface area contributed by atoms with Crippen LogP contribution in [0.5, 0.6) is 0 Å². The summed E-state index contributed by atoms with van der Waals surface area (Å²) in [5, 5.41) is 10.7. The molecule has 4 aromatic rings. The average molecular weight is 613 g/mol. The Labute approximate surface area is 256 Å². The predicted octanol–water partition coefficient (Wildman–Crippen LogP) is 3.66. The van der Waals surface area contributed by atoms with Crippen molar-refractivity contribution in [1.82, 2.24) is 9.47 Å². The number of fused-ring (bicyclic) bond motifs is 1. The Balaban J connectivity index is 1.26. The normalized spacial score (nSPS) is 14.8. The molecule has 11 nitrogen and oxygen atoms in total. The van der Waals surface area contributed by atoms with Gasteiger partial charge in [-0.25, -0.2) is 14.0 Å². The number of carboxylic acids is 1. The van der Waals surface area contributed by atoms with Gasteiger partial charge in [-0.1, -0.05) is 18.7 Å². The topological polar surface area (TPSA) is 129 Å². The molecular formula is C33H29FN4O7. The zero-order valence-corrected chi connectivity index (χ0v) is 24.4. The number of halogens is 1. The predicted molar refractivity (Wildman–Crippen MR) is 166 cm³/mol. The van der Waals surface area contributed by atoms with Gasteiger partial charge in [0.2, 0.25) is 5.43 Å². The highest BCUT2D eigenvalue weighted by molar-refractivity contribution is 6.26. The van der Waals surface area contributed by atoms with Crippen LogP contribution < -0.4 is 15.2 Å². The quantitative estimate of drug-likeness (QED) is 0.180. The average Bonchev–Trinajstić information content (AvgIpc) is 3.05. The van der Waals surface area contributed by atoms with Crippen LogP contribution in [0.2, 0.25) is 0 Å². The van der Waals surface area contributed by atoms with Gasteiger partial charge in [-0.05, 0) is 37.3 Å². The Hall–Kier alpha value is -5.52. The minimum Gasteiger partial charge on any atom is -0.477 e. The molecule has 12 heteroatoms. The lowest BCUT2D eigenvalue weighted by Gasteiger charge is -2.38. The lowest BCUT2D eigenvalue weighted by Crippen LogP contribution is -2.47. The van der Waals surface area contributed by atoms with Crippen molar-refractivity contribution in [2.45, 2.75) is 13.5 Å². The fourth-order valence-corrected chi connectivity index (χ4v) is 6.15. The molecule has 0 saturated carbocycles. The number of anilines is 2. The van der Waals surface area contributed by atoms with E-state index in [9.17, 15) is 29.1 Å². The summed E-state index contributed by atoms with van der Waals surface area (Å²) < 4.78 is 22.0. The number of esters is 1. The number of amides is 2. The summed E-state index contributed by atoms with van der Waals surface area (Å²) in [4.78, 5) is 67.5. The second-order valence-electron chi connectivity index (χ2n) is 10.8. The number of aromatic nitrogens is 1. The van der Waals surface area contributed by atoms with Gasteiger partial charge in [0.15, 0.2) is 0 Å². The molecule has 0 radical (unpaired) electrons. The third kappa shape index (κ3) is 4.97. The van der Waals surface area contributed by atoms with E-state index in [0.29, 0.717) is 60.4 Å². The number of carbonyl (C=O) groups is 4. The number of hydrogen-bond donors (Lipinski definition) is 1. The van der Waals surface area contributed by atoms with Crippen LogP contribution in [0.15, 0.2) is 66.1 Å². The summed E-state index contributed by atoms with van der Waals surface area (Å²) in [7, 11) is 0. The first-order valence-electron chi connectivity index (χ1n) is 14.5. The molecule has 3 aromatic carbocycles. The molecule has 2 amide bonds. The van der Waals surface area contributed by atoms with Gasteiger partial charge in [-0.3, -0.25) is 19.3 Å². The highest BCUT2D eigenvalue weighted by atomic mass is 19.1. The number of carbonyl (C=O) groups excluding carboxylic acids is 3. The van der Waals surface area contributed by atoms with E-state index in [1.54, 1.807) is 28.8 Å². The van der Waals surface area contributed by atoms with Crippen molar-refractivity contribution in [2.24, 2.45) is 0 Å². The molecule has 45 heavy (non-hydrogen) atoms. The van der Waals surface area contributed by atoms with Crippen LogP contribution in [-0.4, -0.2) is 77.7 Å². The van der Waals surface area contributed by atoms with E-state index in [0.717, 1.165) is 28.1 Å². The lowest BCUT2D eigenvalue weighted by molar-refractivity contribution is -0.137. The number of aryl methyl sites for hydroxylation is 1. The number of ether oxygens (including phenoxy) is 1. The molecule has 1 saturated heterocycles. The Morgan fingerprint density at radius 2 is 1.62 bits per heavy atom. The van der Waals surface area contributed by atoms with Gasteiger partial charge < -0.3 is 24.2 Å². The van der Waals surface area contributed by atoms with E-state index in [4.69, 9.17) is 4.74 Å². The summed E-state index contributed by atoms with van der Waals surface area (Å²) >= 11 is 0. The molecule has 0 aliphatic carbocycles. The van der Waals surface area contributed by atoms with Gasteiger partial charge in [-0.2, -0.15) is 0 Å². The molecule has 0 unspecified atom stereocenters. The largest absolute Gasteiger partial charge is 0.477 e. The van der Waals surface area contributed by atoms with E-state index >= 15 is 4.39 Å². The first-order chi connectivity index (χ1) is 21.6. The third-order valence-electron chi connectivity index (χ3n) is 8.38. The maximum atomic E-state index is 15.4. The fourth-order valence-electron chi connectivity index (χ4n) is 6.15. The van der Waals surface area contributed by atoms with Gasteiger partial charge in [0, 0.05) is 78.0 Å². The Bertz CT molecular complexity index is 1970. The van der Waals surface area contributed by atoms with Crippen LogP contribution in [0.4, 0.5) is 15.8 Å². The van der Waals surface area contributed by atoms with E-state index in [2.05, 4.69) is 11.5 Å². The number of rotatable bonds is 8. The highest BCUT2D eigenvalue weighted by Crippen LogP contribution is 2.37. The first kappa shape index (κ1) is 29.5. The highest BCUT2D eigenvalue weighted by Gasteiger charge is 2.34. The molecule has 1 fully saturated rings. The molecule has 2 aliphatic rings. The Morgan fingerprint density at radius 3 is 2.27 bits per heavy atom. The standard InChI is InChI=1S/C33H29FN4O7/c1-3-28(39)45-15-14-38-31(41)20-7-5-6-19-25(9-8-21(29(19)20)32(38)42)36-10-12-37(13-11-36)27-17-26-22(16-24(27)34)30(40)23(33(43)44)18-35(26)4-2/h3,5-9,16-18H,1,4,10-15H2,2H3,(H,43,44). The van der Waals surface area contributed by atoms with E-state index in [-0.39, 0.29) is 18.5 Å². The smallest absolute Gasteiger partial charge is 0.341 e. The van der Waals surface area contributed by atoms with Crippen molar-refractivity contribution < 1.29 is 33.4 Å². The second kappa shape index (κ2) is 11.5. The molecule has 0 spiro atoms. The van der Waals surface area contributed by atoms with Crippen molar-refractivity contribution in [3.05, 3.63) is 94.0 Å². The van der Waals surface area contributed by atoms with E-state index in [1.807, 2.05) is 24.0 Å². The Morgan fingerprint density at radius 1 is 0.956 bits per heavy atom. The van der Waals surface area contributed by atoms with Gasteiger partial charge in [0.05, 0.1) is 17.7 Å². The summed E-state index contributed by atoms with van der Waals surface area (Å²) in [5.41, 5.74) is 1.24. The fraction of sp³-hybridized carbons (Fsp3) is 0.242. The number of aromatic carboxylic acids is 1. The van der Waals surface area contributed by atoms with Crippen molar-refractivity contribution in [3.63, 3.8) is 0 Å². The molecule has 0 bridgehead atoms. The second-order valence-corrected chi connectivity index (χ2v) is 10.8. The maximum Gasteiger partial charge on any atom is 0.341 e. The first-order valence-corrected chi connectivity index (χ1v) is 14.5. The molecule has 2 aliphatic heterocycles. The zero-order valence-electron chi connectivity index (χ0n) is 24.4. The molecule has 3 heterocycles. The van der Waals surface area contributed by atoms with Crippen molar-refractivity contribution in [2.75, 3.05) is 49.1 Å². The molecule has 6 rings (SSSR count). The van der Waals surface area contributed by atoms with Crippen LogP contribution in [0.1, 0.15) is 38.0 Å². The van der Waals surface area contributed by atoms with Crippen LogP contribution in [-0.2, 0) is 16.1 Å². The molecular weight excluding hydrogens is 583 g/mol. The lowest BCUT2D eigenvalue weighted by atomic mass is 9.92. The van der Waals surface area contributed by atoms with E-state index < -0.39 is 40.6 Å². The summed E-state index contributed by atoms with van der Waals surface area (Å²) in [6.45, 7) is 7.24. The van der Waals surface area contributed by atoms with Crippen LogP contribution in [0.3, 0.4) is 0 Å². The minimum atomic E-state index is -1.36. The van der Waals surface area contributed by atoms with Gasteiger partial charge in [0.1, 0.15) is 18.0 Å². The maximum absolute atomic E-state index is 15.4. The van der Waals surface area contributed by atoms with Gasteiger partial charge in [0.25, 0.3) is 11.8 Å². The van der Waals surface area contributed by atoms with Gasteiger partial charge >= 0.3 is 11.9 Å². The van der Waals surface area contributed by atoms with Crippen molar-refractivity contribution in [1.29, 1.82) is 0 Å². The van der Waals surface area contributed by atoms with Gasteiger partial charge in [-0.15, -0.1) is 0 Å². The molecule has 230 valence electrons. The number of nitrogens with zero attached hydrogens (tertiary/aromatic N) is 4. The number of carboxylic acid groups (broad SMARTS) is 1. The summed E-state index contributed by atoms with van der Waals surface area (Å²) in [6, 6.07) is 11.6. The monoisotopic (exact) mass is 612 g/mol. The number of hydrogen-bond acceptors (Lipinski definition) is 8. The van der Waals surface area contributed by atoms with Crippen LogP contribution >= 0.6 is 0 Å². The number of benzene rings is 3. The minimum absolute atomic E-state index is 0.0147. The summed E-state index contributed by atoms with van der Waals surface area (Å²) in [6.07, 6.45) is 2.30. The number of piperazine rings is 1. The van der Waals surface area contributed by atoms with Crippen LogP contribution in [0.25, 0.3) is 21.7 Å². The number of pyridine rings is 1. The molecule has 0 atom stereocenters. The Kier molecular flexibility index (Phi) is 7.57. The van der Waals surface area contributed by atoms with Crippen molar-refractivity contribution >= 4 is 56.8 Å². The zero-order chi connectivity index (χ0) is 32.0. The van der Waals surface area contributed by atoms with E-state index in [1.165, 1.54) is 6.20 Å².